The second kappa shape index (κ2) is 7.50. The number of fused-ring (bicyclic) bond motifs is 1. The maximum Gasteiger partial charge on any atom is 0.0733 e. The van der Waals surface area contributed by atoms with Gasteiger partial charge in [0.25, 0.3) is 0 Å². The lowest BCUT2D eigenvalue weighted by Crippen LogP contribution is -2.38. The second-order valence-electron chi connectivity index (χ2n) is 6.54. The van der Waals surface area contributed by atoms with Crippen LogP contribution in [0.25, 0.3) is 10.9 Å². The Morgan fingerprint density at radius 3 is 2.72 bits per heavy atom. The molecule has 1 aliphatic heterocycles. The summed E-state index contributed by atoms with van der Waals surface area (Å²) >= 11 is 3.52. The zero-order valence-electron chi connectivity index (χ0n) is 14.0. The number of aromatic nitrogens is 2. The Balaban J connectivity index is 1.39. The normalized spacial score (nSPS) is 16.2. The molecule has 25 heavy (non-hydrogen) atoms. The summed E-state index contributed by atoms with van der Waals surface area (Å²) < 4.78 is 1.06. The van der Waals surface area contributed by atoms with Crippen LogP contribution >= 0.6 is 15.9 Å². The van der Waals surface area contributed by atoms with E-state index in [0.717, 1.165) is 48.2 Å². The Morgan fingerprint density at radius 1 is 1.04 bits per heavy atom. The van der Waals surface area contributed by atoms with Gasteiger partial charge in [0, 0.05) is 53.6 Å². The lowest BCUT2D eigenvalue weighted by atomic mass is 10.0. The molecule has 1 saturated heterocycles. The molecule has 128 valence electrons. The molecule has 4 rings (SSSR count). The maximum absolute atomic E-state index is 4.47. The highest BCUT2D eigenvalue weighted by molar-refractivity contribution is 9.10. The number of pyridine rings is 2. The number of rotatable bonds is 4. The van der Waals surface area contributed by atoms with Crippen LogP contribution in [0.2, 0.25) is 0 Å². The number of piperidine rings is 1. The zero-order valence-corrected chi connectivity index (χ0v) is 15.6. The number of likely N-dealkylation sites (tertiary alicyclic amines) is 1. The Hall–Kier alpha value is -1.98. The topological polar surface area (TPSA) is 41.0 Å². The van der Waals surface area contributed by atoms with Gasteiger partial charge < -0.3 is 5.32 Å². The molecular weight excluding hydrogens is 376 g/mol. The van der Waals surface area contributed by atoms with Crippen molar-refractivity contribution < 1.29 is 0 Å². The van der Waals surface area contributed by atoms with Crippen LogP contribution in [0, 0.1) is 0 Å². The van der Waals surface area contributed by atoms with Crippen LogP contribution in [0.5, 0.6) is 0 Å². The molecule has 3 aromatic rings. The van der Waals surface area contributed by atoms with E-state index in [9.17, 15) is 0 Å². The van der Waals surface area contributed by atoms with Gasteiger partial charge in [0.2, 0.25) is 0 Å². The first-order chi connectivity index (χ1) is 12.3. The predicted molar refractivity (Wildman–Crippen MR) is 106 cm³/mol. The van der Waals surface area contributed by atoms with Gasteiger partial charge in [0.1, 0.15) is 0 Å². The largest absolute Gasteiger partial charge is 0.382 e. The molecule has 0 radical (unpaired) electrons. The maximum atomic E-state index is 4.47. The fourth-order valence-electron chi connectivity index (χ4n) is 3.42. The number of benzene rings is 1. The van der Waals surface area contributed by atoms with Crippen molar-refractivity contribution in [2.75, 3.05) is 18.4 Å². The van der Waals surface area contributed by atoms with Gasteiger partial charge >= 0.3 is 0 Å². The minimum atomic E-state index is 0.509. The van der Waals surface area contributed by atoms with E-state index in [0.29, 0.717) is 6.04 Å². The molecule has 0 aliphatic carbocycles. The first-order valence-electron chi connectivity index (χ1n) is 8.71. The summed E-state index contributed by atoms with van der Waals surface area (Å²) in [6, 6.07) is 15.0. The first kappa shape index (κ1) is 16.5. The molecule has 2 aromatic heterocycles. The molecule has 1 aliphatic rings. The summed E-state index contributed by atoms with van der Waals surface area (Å²) in [6.45, 7) is 3.14. The molecule has 4 nitrogen and oxygen atoms in total. The number of hydrogen-bond donors (Lipinski definition) is 1. The number of hydrogen-bond acceptors (Lipinski definition) is 4. The van der Waals surface area contributed by atoms with Crippen molar-refractivity contribution in [1.82, 2.24) is 14.9 Å². The van der Waals surface area contributed by atoms with Crippen LogP contribution in [0.15, 0.2) is 59.3 Å². The summed E-state index contributed by atoms with van der Waals surface area (Å²) in [5, 5.41) is 4.91. The molecule has 0 unspecified atom stereocenters. The monoisotopic (exact) mass is 396 g/mol. The lowest BCUT2D eigenvalue weighted by Gasteiger charge is -2.32. The summed E-state index contributed by atoms with van der Waals surface area (Å²) in [7, 11) is 0. The lowest BCUT2D eigenvalue weighted by molar-refractivity contribution is 0.209. The molecule has 0 bridgehead atoms. The molecule has 1 aromatic carbocycles. The summed E-state index contributed by atoms with van der Waals surface area (Å²) in [6.07, 6.45) is 6.05. The summed E-state index contributed by atoms with van der Waals surface area (Å²) in [4.78, 5) is 11.4. The third-order valence-electron chi connectivity index (χ3n) is 4.76. The number of halogens is 1. The average Bonchev–Trinajstić information content (AvgIpc) is 2.64. The highest BCUT2D eigenvalue weighted by atomic mass is 79.9. The van der Waals surface area contributed by atoms with E-state index in [-0.39, 0.29) is 0 Å². The summed E-state index contributed by atoms with van der Waals surface area (Å²) in [5.41, 5.74) is 3.35. The number of nitrogens with one attached hydrogen (secondary N) is 1. The van der Waals surface area contributed by atoms with E-state index < -0.39 is 0 Å². The minimum absolute atomic E-state index is 0.509. The predicted octanol–water partition coefficient (Wildman–Crippen LogP) is 4.47. The molecule has 0 spiro atoms. The second-order valence-corrected chi connectivity index (χ2v) is 7.45. The van der Waals surface area contributed by atoms with Gasteiger partial charge in [0.15, 0.2) is 0 Å². The van der Waals surface area contributed by atoms with E-state index in [1.54, 1.807) is 0 Å². The molecule has 1 N–H and O–H groups in total. The SMILES string of the molecule is Brc1ccc2c(NC3CCN(Cc4ccccn4)CC3)ccnc2c1. The van der Waals surface area contributed by atoms with Crippen LogP contribution in [0.4, 0.5) is 5.69 Å². The highest BCUT2D eigenvalue weighted by Gasteiger charge is 2.20. The third-order valence-corrected chi connectivity index (χ3v) is 5.26. The fraction of sp³-hybridized carbons (Fsp3) is 0.300. The van der Waals surface area contributed by atoms with Gasteiger partial charge in [-0.25, -0.2) is 0 Å². The third kappa shape index (κ3) is 3.99. The Morgan fingerprint density at radius 2 is 1.92 bits per heavy atom. The standard InChI is InChI=1S/C20H21BrN4/c21-15-4-5-18-19(6-10-23-20(18)13-15)24-16-7-11-25(12-8-16)14-17-3-1-2-9-22-17/h1-6,9-10,13,16H,7-8,11-12,14H2,(H,23,24). The number of anilines is 1. The van der Waals surface area contributed by atoms with Gasteiger partial charge in [-0.05, 0) is 49.2 Å². The molecule has 5 heteroatoms. The van der Waals surface area contributed by atoms with Gasteiger partial charge in [-0.1, -0.05) is 22.0 Å². The molecule has 3 heterocycles. The molecule has 0 saturated carbocycles. The fourth-order valence-corrected chi connectivity index (χ4v) is 3.77. The molecular formula is C20H21BrN4. The minimum Gasteiger partial charge on any atom is -0.382 e. The van der Waals surface area contributed by atoms with Crippen molar-refractivity contribution in [3.05, 3.63) is 65.0 Å². The van der Waals surface area contributed by atoms with Crippen LogP contribution in [-0.4, -0.2) is 34.0 Å². The van der Waals surface area contributed by atoms with E-state index in [1.807, 2.05) is 18.5 Å². The first-order valence-corrected chi connectivity index (χ1v) is 9.50. The Labute approximate surface area is 156 Å². The van der Waals surface area contributed by atoms with Crippen LogP contribution < -0.4 is 5.32 Å². The molecule has 0 atom stereocenters. The molecule has 0 amide bonds. The van der Waals surface area contributed by atoms with Crippen molar-refractivity contribution in [2.45, 2.75) is 25.4 Å². The van der Waals surface area contributed by atoms with E-state index in [4.69, 9.17) is 0 Å². The van der Waals surface area contributed by atoms with Crippen LogP contribution in [0.1, 0.15) is 18.5 Å². The zero-order chi connectivity index (χ0) is 17.1. The van der Waals surface area contributed by atoms with Crippen molar-refractivity contribution in [3.8, 4) is 0 Å². The Kier molecular flexibility index (Phi) is 4.95. The molecule has 1 fully saturated rings. The van der Waals surface area contributed by atoms with Gasteiger partial charge in [0.05, 0.1) is 11.2 Å². The van der Waals surface area contributed by atoms with Crippen LogP contribution in [0.3, 0.4) is 0 Å². The van der Waals surface area contributed by atoms with E-state index in [1.165, 1.54) is 11.1 Å². The van der Waals surface area contributed by atoms with Gasteiger partial charge in [-0.3, -0.25) is 14.9 Å². The Bertz CT molecular complexity index is 845. The summed E-state index contributed by atoms with van der Waals surface area (Å²) in [5.74, 6) is 0. The van der Waals surface area contributed by atoms with Crippen molar-refractivity contribution >= 4 is 32.5 Å². The highest BCUT2D eigenvalue weighted by Crippen LogP contribution is 2.26. The van der Waals surface area contributed by atoms with Gasteiger partial charge in [-0.2, -0.15) is 0 Å². The average molecular weight is 397 g/mol. The van der Waals surface area contributed by atoms with Crippen molar-refractivity contribution in [2.24, 2.45) is 0 Å². The van der Waals surface area contributed by atoms with Gasteiger partial charge in [-0.15, -0.1) is 0 Å². The number of nitrogens with zero attached hydrogens (tertiary/aromatic N) is 3. The van der Waals surface area contributed by atoms with Crippen LogP contribution in [-0.2, 0) is 6.54 Å². The van der Waals surface area contributed by atoms with E-state index in [2.05, 4.69) is 72.5 Å². The smallest absolute Gasteiger partial charge is 0.0733 e. The quantitative estimate of drug-likeness (QED) is 0.706. The van der Waals surface area contributed by atoms with Crippen molar-refractivity contribution in [3.63, 3.8) is 0 Å². The van der Waals surface area contributed by atoms with E-state index >= 15 is 0 Å². The van der Waals surface area contributed by atoms with Crippen molar-refractivity contribution in [1.29, 1.82) is 0 Å².